The lowest BCUT2D eigenvalue weighted by molar-refractivity contribution is 0.0942. The first-order valence-corrected chi connectivity index (χ1v) is 9.98. The van der Waals surface area contributed by atoms with Gasteiger partial charge in [-0.2, -0.15) is 0 Å². The number of aromatic nitrogens is 2. The summed E-state index contributed by atoms with van der Waals surface area (Å²) in [6.07, 6.45) is 1.70. The minimum Gasteiger partial charge on any atom is -0.345 e. The zero-order valence-electron chi connectivity index (χ0n) is 14.2. The number of hydrogen-bond acceptors (Lipinski definition) is 3. The van der Waals surface area contributed by atoms with Gasteiger partial charge in [0, 0.05) is 18.1 Å². The van der Waals surface area contributed by atoms with Crippen molar-refractivity contribution in [3.63, 3.8) is 0 Å². The van der Waals surface area contributed by atoms with Crippen LogP contribution in [-0.4, -0.2) is 15.5 Å². The molecular formula is C20H15BrFN3OS. The molecule has 0 saturated heterocycles. The summed E-state index contributed by atoms with van der Waals surface area (Å²) in [7, 11) is 0. The molecule has 4 nitrogen and oxygen atoms in total. The first-order chi connectivity index (χ1) is 13.1. The predicted molar refractivity (Wildman–Crippen MR) is 108 cm³/mol. The number of fused-ring (bicyclic) bond motifs is 1. The van der Waals surface area contributed by atoms with Gasteiger partial charge in [-0.15, -0.1) is 11.3 Å². The van der Waals surface area contributed by atoms with E-state index in [1.807, 2.05) is 34.2 Å². The van der Waals surface area contributed by atoms with Gasteiger partial charge >= 0.3 is 0 Å². The lowest BCUT2D eigenvalue weighted by Gasteiger charge is -2.11. The largest absolute Gasteiger partial charge is 0.345 e. The van der Waals surface area contributed by atoms with Crippen LogP contribution in [0.2, 0.25) is 0 Å². The predicted octanol–water partition coefficient (Wildman–Crippen LogP) is 4.98. The topological polar surface area (TPSA) is 46.9 Å². The first-order valence-electron chi connectivity index (χ1n) is 8.30. The van der Waals surface area contributed by atoms with E-state index in [1.54, 1.807) is 29.7 Å². The number of hydrogen-bond donors (Lipinski definition) is 1. The van der Waals surface area contributed by atoms with Crippen molar-refractivity contribution in [3.05, 3.63) is 87.3 Å². The highest BCUT2D eigenvalue weighted by Crippen LogP contribution is 2.33. The average Bonchev–Trinajstić information content (AvgIpc) is 3.23. The third-order valence-electron chi connectivity index (χ3n) is 4.22. The van der Waals surface area contributed by atoms with Crippen LogP contribution in [0.4, 0.5) is 4.39 Å². The van der Waals surface area contributed by atoms with Crippen LogP contribution in [0.3, 0.4) is 0 Å². The highest BCUT2D eigenvalue weighted by Gasteiger charge is 2.19. The SMILES string of the molecule is O=C(NCc1ccccn1)c1cc2scc(Br)c2n1Cc1ccc(F)cc1. The minimum absolute atomic E-state index is 0.168. The Morgan fingerprint density at radius 1 is 1.22 bits per heavy atom. The highest BCUT2D eigenvalue weighted by molar-refractivity contribution is 9.10. The molecule has 0 radical (unpaired) electrons. The Morgan fingerprint density at radius 3 is 2.78 bits per heavy atom. The Morgan fingerprint density at radius 2 is 2.04 bits per heavy atom. The van der Waals surface area contributed by atoms with Crippen molar-refractivity contribution in [2.24, 2.45) is 0 Å². The van der Waals surface area contributed by atoms with Crippen LogP contribution in [0.5, 0.6) is 0 Å². The van der Waals surface area contributed by atoms with Gasteiger partial charge in [0.05, 0.1) is 26.9 Å². The maximum atomic E-state index is 13.2. The van der Waals surface area contributed by atoms with Crippen molar-refractivity contribution < 1.29 is 9.18 Å². The fraction of sp³-hybridized carbons (Fsp3) is 0.100. The van der Waals surface area contributed by atoms with E-state index in [0.29, 0.717) is 18.8 Å². The van der Waals surface area contributed by atoms with Gasteiger partial charge in [-0.05, 0) is 51.8 Å². The Hall–Kier alpha value is -2.51. The number of nitrogens with zero attached hydrogens (tertiary/aromatic N) is 2. The molecule has 1 amide bonds. The molecule has 0 aliphatic carbocycles. The van der Waals surface area contributed by atoms with Gasteiger partial charge in [0.25, 0.3) is 5.91 Å². The molecule has 1 aromatic carbocycles. The summed E-state index contributed by atoms with van der Waals surface area (Å²) in [4.78, 5) is 17.1. The Labute approximate surface area is 167 Å². The molecule has 1 N–H and O–H groups in total. The summed E-state index contributed by atoms with van der Waals surface area (Å²) in [6.45, 7) is 0.835. The smallest absolute Gasteiger partial charge is 0.268 e. The van der Waals surface area contributed by atoms with Crippen molar-refractivity contribution in [2.45, 2.75) is 13.1 Å². The van der Waals surface area contributed by atoms with Gasteiger partial charge in [0.2, 0.25) is 0 Å². The van der Waals surface area contributed by atoms with E-state index >= 15 is 0 Å². The maximum absolute atomic E-state index is 13.2. The molecule has 136 valence electrons. The van der Waals surface area contributed by atoms with Crippen molar-refractivity contribution in [2.75, 3.05) is 0 Å². The number of carbonyl (C=O) groups is 1. The van der Waals surface area contributed by atoms with E-state index in [0.717, 1.165) is 25.9 Å². The van der Waals surface area contributed by atoms with Gasteiger partial charge in [-0.1, -0.05) is 18.2 Å². The second kappa shape index (κ2) is 7.62. The van der Waals surface area contributed by atoms with E-state index < -0.39 is 0 Å². The molecule has 0 aliphatic rings. The Bertz CT molecular complexity index is 1090. The quantitative estimate of drug-likeness (QED) is 0.472. The second-order valence-electron chi connectivity index (χ2n) is 6.04. The summed E-state index contributed by atoms with van der Waals surface area (Å²) >= 11 is 5.14. The number of nitrogens with one attached hydrogen (secondary N) is 1. The number of rotatable bonds is 5. The molecule has 4 aromatic rings. The summed E-state index contributed by atoms with van der Waals surface area (Å²) < 4.78 is 17.1. The van der Waals surface area contributed by atoms with Crippen LogP contribution in [0.25, 0.3) is 10.2 Å². The maximum Gasteiger partial charge on any atom is 0.268 e. The van der Waals surface area contributed by atoms with Crippen molar-refractivity contribution in [3.8, 4) is 0 Å². The molecule has 0 unspecified atom stereocenters. The molecule has 0 aliphatic heterocycles. The van der Waals surface area contributed by atoms with E-state index in [4.69, 9.17) is 0 Å². The van der Waals surface area contributed by atoms with Gasteiger partial charge in [0.15, 0.2) is 0 Å². The molecule has 0 spiro atoms. The van der Waals surface area contributed by atoms with Gasteiger partial charge in [0.1, 0.15) is 11.5 Å². The molecule has 0 fully saturated rings. The monoisotopic (exact) mass is 443 g/mol. The third-order valence-corrected chi connectivity index (χ3v) is 6.05. The molecular weight excluding hydrogens is 429 g/mol. The standard InChI is InChI=1S/C20H15BrFN3OS/c21-16-12-27-18-9-17(20(26)24-10-15-3-1-2-8-23-15)25(19(16)18)11-13-4-6-14(22)7-5-13/h1-9,12H,10-11H2,(H,24,26). The summed E-state index contributed by atoms with van der Waals surface area (Å²) in [5.74, 6) is -0.445. The van der Waals surface area contributed by atoms with Gasteiger partial charge in [-0.3, -0.25) is 9.78 Å². The first kappa shape index (κ1) is 17.9. The van der Waals surface area contributed by atoms with Gasteiger partial charge < -0.3 is 9.88 Å². The Kier molecular flexibility index (Phi) is 5.05. The van der Waals surface area contributed by atoms with Crippen molar-refractivity contribution in [1.29, 1.82) is 0 Å². The molecule has 3 aromatic heterocycles. The lowest BCUT2D eigenvalue weighted by Crippen LogP contribution is -2.26. The number of halogens is 2. The van der Waals surface area contributed by atoms with Gasteiger partial charge in [-0.25, -0.2) is 4.39 Å². The molecule has 0 saturated carbocycles. The second-order valence-corrected chi connectivity index (χ2v) is 7.81. The van der Waals surface area contributed by atoms with E-state index in [-0.39, 0.29) is 11.7 Å². The van der Waals surface area contributed by atoms with E-state index in [9.17, 15) is 9.18 Å². The van der Waals surface area contributed by atoms with E-state index in [1.165, 1.54) is 12.1 Å². The zero-order valence-corrected chi connectivity index (χ0v) is 16.6. The lowest BCUT2D eigenvalue weighted by atomic mass is 10.2. The zero-order chi connectivity index (χ0) is 18.8. The molecule has 0 bridgehead atoms. The van der Waals surface area contributed by atoms with Crippen molar-refractivity contribution >= 4 is 43.4 Å². The van der Waals surface area contributed by atoms with Crippen LogP contribution in [0.15, 0.2) is 64.6 Å². The molecule has 27 heavy (non-hydrogen) atoms. The minimum atomic E-state index is -0.276. The number of amides is 1. The normalized spacial score (nSPS) is 11.0. The summed E-state index contributed by atoms with van der Waals surface area (Å²) in [5.41, 5.74) is 3.25. The third kappa shape index (κ3) is 3.79. The van der Waals surface area contributed by atoms with Crippen LogP contribution < -0.4 is 5.32 Å². The molecule has 3 heterocycles. The fourth-order valence-corrected chi connectivity index (χ4v) is 4.61. The number of benzene rings is 1. The molecule has 4 rings (SSSR count). The molecule has 7 heteroatoms. The number of pyridine rings is 1. The molecule has 0 atom stereocenters. The Balaban J connectivity index is 1.65. The van der Waals surface area contributed by atoms with E-state index in [2.05, 4.69) is 26.2 Å². The van der Waals surface area contributed by atoms with Crippen LogP contribution in [-0.2, 0) is 13.1 Å². The van der Waals surface area contributed by atoms with Crippen LogP contribution >= 0.6 is 27.3 Å². The van der Waals surface area contributed by atoms with Crippen LogP contribution in [0.1, 0.15) is 21.7 Å². The van der Waals surface area contributed by atoms with Crippen molar-refractivity contribution in [1.82, 2.24) is 14.9 Å². The fourth-order valence-electron chi connectivity index (χ4n) is 2.92. The average molecular weight is 444 g/mol. The summed E-state index contributed by atoms with van der Waals surface area (Å²) in [5, 5.41) is 4.93. The number of carbonyl (C=O) groups excluding carboxylic acids is 1. The number of thiophene rings is 1. The summed E-state index contributed by atoms with van der Waals surface area (Å²) in [6, 6.07) is 13.8. The van der Waals surface area contributed by atoms with Crippen LogP contribution in [0, 0.1) is 5.82 Å². The highest BCUT2D eigenvalue weighted by atomic mass is 79.9.